The Kier molecular flexibility index (Phi) is 3.81. The molecule has 0 heterocycles. The van der Waals surface area contributed by atoms with Crippen molar-refractivity contribution in [2.24, 2.45) is 0 Å². The maximum atomic E-state index is 10.5. The topological polar surface area (TPSA) is 46.2 Å². The predicted octanol–water partition coefficient (Wildman–Crippen LogP) is 4.38. The molecule has 0 radical (unpaired) electrons. The normalized spacial score (nSPS) is 16.7. The minimum Gasteiger partial charge on any atom is -0.398 e. The van der Waals surface area contributed by atoms with Crippen molar-refractivity contribution in [1.82, 2.24) is 0 Å². The molecule has 0 aromatic heterocycles. The number of hydrogen-bond donors (Lipinski definition) is 2. The molecule has 0 bridgehead atoms. The van der Waals surface area contributed by atoms with Gasteiger partial charge >= 0.3 is 0 Å². The Morgan fingerprint density at radius 3 is 2.40 bits per heavy atom. The summed E-state index contributed by atoms with van der Waals surface area (Å²) in [7, 11) is 0. The first-order chi connectivity index (χ1) is 9.65. The van der Waals surface area contributed by atoms with Crippen LogP contribution in [-0.4, -0.2) is 5.11 Å². The summed E-state index contributed by atoms with van der Waals surface area (Å²) in [6.45, 7) is 0. The van der Waals surface area contributed by atoms with Crippen LogP contribution in [0.3, 0.4) is 0 Å². The van der Waals surface area contributed by atoms with E-state index in [-0.39, 0.29) is 0 Å². The van der Waals surface area contributed by atoms with E-state index in [0.29, 0.717) is 5.69 Å². The molecule has 0 spiro atoms. The molecule has 0 aliphatic heterocycles. The maximum Gasteiger partial charge on any atom is 0.106 e. The van der Waals surface area contributed by atoms with Gasteiger partial charge in [0.1, 0.15) is 6.10 Å². The van der Waals surface area contributed by atoms with Crippen molar-refractivity contribution in [2.45, 2.75) is 31.3 Å². The lowest BCUT2D eigenvalue weighted by Crippen LogP contribution is -2.09. The highest BCUT2D eigenvalue weighted by molar-refractivity contribution is 9.10. The number of nitrogen functional groups attached to an aromatic ring is 1. The molecular formula is C17H18BrNO. The second-order valence-corrected chi connectivity index (χ2v) is 6.39. The first-order valence-corrected chi connectivity index (χ1v) is 7.77. The summed E-state index contributed by atoms with van der Waals surface area (Å²) >= 11 is 3.42. The number of nitrogens with two attached hydrogens (primary N) is 1. The molecule has 104 valence electrons. The van der Waals surface area contributed by atoms with Crippen LogP contribution in [0.1, 0.15) is 48.0 Å². The van der Waals surface area contributed by atoms with Gasteiger partial charge in [0, 0.05) is 15.7 Å². The van der Waals surface area contributed by atoms with Crippen LogP contribution in [-0.2, 0) is 0 Å². The van der Waals surface area contributed by atoms with Crippen molar-refractivity contribution in [3.8, 4) is 0 Å². The number of aliphatic hydroxyl groups excluding tert-OH is 1. The maximum absolute atomic E-state index is 10.5. The minimum absolute atomic E-state index is 0.615. The van der Waals surface area contributed by atoms with Crippen LogP contribution in [0.25, 0.3) is 0 Å². The highest BCUT2D eigenvalue weighted by Crippen LogP contribution is 2.37. The van der Waals surface area contributed by atoms with Gasteiger partial charge in [0.25, 0.3) is 0 Å². The molecule has 1 aliphatic rings. The van der Waals surface area contributed by atoms with Crippen LogP contribution in [0.15, 0.2) is 46.9 Å². The first-order valence-electron chi connectivity index (χ1n) is 6.98. The lowest BCUT2D eigenvalue weighted by atomic mass is 9.80. The Balaban J connectivity index is 1.85. The molecule has 0 saturated heterocycles. The summed E-state index contributed by atoms with van der Waals surface area (Å²) in [4.78, 5) is 0. The molecule has 1 unspecified atom stereocenters. The average Bonchev–Trinajstić information content (AvgIpc) is 2.40. The highest BCUT2D eigenvalue weighted by atomic mass is 79.9. The van der Waals surface area contributed by atoms with Crippen LogP contribution >= 0.6 is 15.9 Å². The summed E-state index contributed by atoms with van der Waals surface area (Å²) in [5.41, 5.74) is 9.59. The molecule has 20 heavy (non-hydrogen) atoms. The van der Waals surface area contributed by atoms with Crippen LogP contribution in [0, 0.1) is 0 Å². The zero-order valence-electron chi connectivity index (χ0n) is 11.2. The Morgan fingerprint density at radius 1 is 1.10 bits per heavy atom. The Bertz CT molecular complexity index is 605. The van der Waals surface area contributed by atoms with Gasteiger partial charge in [-0.2, -0.15) is 0 Å². The molecule has 1 aliphatic carbocycles. The zero-order valence-corrected chi connectivity index (χ0v) is 12.8. The van der Waals surface area contributed by atoms with Crippen LogP contribution in [0.4, 0.5) is 5.69 Å². The number of rotatable bonds is 3. The molecule has 1 fully saturated rings. The van der Waals surface area contributed by atoms with E-state index in [1.54, 1.807) is 0 Å². The zero-order chi connectivity index (χ0) is 14.1. The predicted molar refractivity (Wildman–Crippen MR) is 85.7 cm³/mol. The average molecular weight is 332 g/mol. The molecule has 1 atom stereocenters. The van der Waals surface area contributed by atoms with E-state index in [2.05, 4.69) is 28.1 Å². The SMILES string of the molecule is Nc1ccc(Br)cc1C(O)c1ccc(C2CCC2)cc1. The Morgan fingerprint density at radius 2 is 1.80 bits per heavy atom. The number of hydrogen-bond acceptors (Lipinski definition) is 2. The molecule has 3 heteroatoms. The number of benzene rings is 2. The van der Waals surface area contributed by atoms with E-state index in [9.17, 15) is 5.11 Å². The second-order valence-electron chi connectivity index (χ2n) is 5.47. The van der Waals surface area contributed by atoms with Gasteiger partial charge in [0.05, 0.1) is 0 Å². The summed E-state index contributed by atoms with van der Waals surface area (Å²) in [5, 5.41) is 10.5. The highest BCUT2D eigenvalue weighted by Gasteiger charge is 2.20. The fraction of sp³-hybridized carbons (Fsp3) is 0.294. The summed E-state index contributed by atoms with van der Waals surface area (Å²) in [6.07, 6.45) is 3.24. The fourth-order valence-electron chi connectivity index (χ4n) is 2.65. The van der Waals surface area contributed by atoms with E-state index in [0.717, 1.165) is 21.5 Å². The van der Waals surface area contributed by atoms with E-state index in [4.69, 9.17) is 5.73 Å². The van der Waals surface area contributed by atoms with Crippen molar-refractivity contribution < 1.29 is 5.11 Å². The molecule has 3 N–H and O–H groups in total. The number of halogens is 1. The Labute approximate surface area is 127 Å². The monoisotopic (exact) mass is 331 g/mol. The van der Waals surface area contributed by atoms with Gasteiger partial charge in [-0.25, -0.2) is 0 Å². The molecule has 2 aromatic rings. The largest absolute Gasteiger partial charge is 0.398 e. The fourth-order valence-corrected chi connectivity index (χ4v) is 3.03. The van der Waals surface area contributed by atoms with Crippen LogP contribution in [0.5, 0.6) is 0 Å². The minimum atomic E-state index is -0.678. The van der Waals surface area contributed by atoms with Crippen LogP contribution < -0.4 is 5.73 Å². The number of aliphatic hydroxyl groups is 1. The Hall–Kier alpha value is -1.32. The molecule has 1 saturated carbocycles. The van der Waals surface area contributed by atoms with E-state index < -0.39 is 6.10 Å². The molecule has 2 nitrogen and oxygen atoms in total. The lowest BCUT2D eigenvalue weighted by Gasteiger charge is -2.26. The van der Waals surface area contributed by atoms with Gasteiger partial charge < -0.3 is 10.8 Å². The van der Waals surface area contributed by atoms with Gasteiger partial charge in [0.15, 0.2) is 0 Å². The van der Waals surface area contributed by atoms with E-state index in [1.807, 2.05) is 30.3 Å². The van der Waals surface area contributed by atoms with E-state index >= 15 is 0 Å². The van der Waals surface area contributed by atoms with Crippen LogP contribution in [0.2, 0.25) is 0 Å². The third kappa shape index (κ3) is 2.60. The number of anilines is 1. The van der Waals surface area contributed by atoms with Crippen molar-refractivity contribution in [3.63, 3.8) is 0 Å². The lowest BCUT2D eigenvalue weighted by molar-refractivity contribution is 0.221. The van der Waals surface area contributed by atoms with Crippen molar-refractivity contribution in [1.29, 1.82) is 0 Å². The first kappa shape index (κ1) is 13.7. The summed E-state index contributed by atoms with van der Waals surface area (Å²) < 4.78 is 0.923. The van der Waals surface area contributed by atoms with Crippen molar-refractivity contribution >= 4 is 21.6 Å². The summed E-state index contributed by atoms with van der Waals surface area (Å²) in [6, 6.07) is 13.9. The second kappa shape index (κ2) is 5.58. The molecular weight excluding hydrogens is 314 g/mol. The third-order valence-electron chi connectivity index (χ3n) is 4.17. The smallest absolute Gasteiger partial charge is 0.106 e. The van der Waals surface area contributed by atoms with Gasteiger partial charge in [-0.05, 0) is 48.1 Å². The van der Waals surface area contributed by atoms with E-state index in [1.165, 1.54) is 24.8 Å². The van der Waals surface area contributed by atoms with Crippen molar-refractivity contribution in [2.75, 3.05) is 5.73 Å². The van der Waals surface area contributed by atoms with Crippen molar-refractivity contribution in [3.05, 3.63) is 63.6 Å². The molecule has 2 aromatic carbocycles. The van der Waals surface area contributed by atoms with Gasteiger partial charge in [-0.3, -0.25) is 0 Å². The third-order valence-corrected chi connectivity index (χ3v) is 4.67. The van der Waals surface area contributed by atoms with Gasteiger partial charge in [-0.1, -0.05) is 46.6 Å². The molecule has 0 amide bonds. The standard InChI is InChI=1S/C17H18BrNO/c18-14-8-9-16(19)15(10-14)17(20)13-6-4-12(5-7-13)11-2-1-3-11/h4-11,17,20H,1-3,19H2. The van der Waals surface area contributed by atoms with Gasteiger partial charge in [0.2, 0.25) is 0 Å². The molecule has 3 rings (SSSR count). The van der Waals surface area contributed by atoms with Gasteiger partial charge in [-0.15, -0.1) is 0 Å². The summed E-state index contributed by atoms with van der Waals surface area (Å²) in [5.74, 6) is 0.720. The quantitative estimate of drug-likeness (QED) is 0.820.